The normalized spacial score (nSPS) is 18.5. The lowest BCUT2D eigenvalue weighted by Gasteiger charge is -2.32. The molecule has 0 radical (unpaired) electrons. The molecule has 2 aromatic heterocycles. The number of ether oxygens (including phenoxy) is 1. The maximum absolute atomic E-state index is 12.4. The fraction of sp³-hybridized carbons (Fsp3) is 0.333. The van der Waals surface area contributed by atoms with Crippen LogP contribution in [0.5, 0.6) is 0 Å². The molecule has 1 saturated heterocycles. The molecule has 6 heteroatoms. The molecule has 1 fully saturated rings. The van der Waals surface area contributed by atoms with Gasteiger partial charge in [0, 0.05) is 18.9 Å². The fourth-order valence-corrected chi connectivity index (χ4v) is 2.32. The van der Waals surface area contributed by atoms with Crippen molar-refractivity contribution in [2.75, 3.05) is 19.7 Å². The number of aryl methyl sites for hydroxylation is 1. The van der Waals surface area contributed by atoms with Crippen LogP contribution in [0.25, 0.3) is 0 Å². The van der Waals surface area contributed by atoms with Crippen molar-refractivity contribution in [1.29, 1.82) is 0 Å². The second-order valence-electron chi connectivity index (χ2n) is 4.85. The highest BCUT2D eigenvalue weighted by molar-refractivity contribution is 5.92. The summed E-state index contributed by atoms with van der Waals surface area (Å²) in [5, 5.41) is 0. The topological polar surface area (TPSA) is 68.2 Å². The Morgan fingerprint density at radius 2 is 2.19 bits per heavy atom. The van der Waals surface area contributed by atoms with Crippen LogP contribution in [0.3, 0.4) is 0 Å². The highest BCUT2D eigenvalue weighted by atomic mass is 16.5. The summed E-state index contributed by atoms with van der Waals surface area (Å²) in [6, 6.07) is 7.16. The minimum atomic E-state index is -0.215. The van der Waals surface area contributed by atoms with Gasteiger partial charge in [0.15, 0.2) is 0 Å². The number of carbonyl (C=O) groups excluding carboxylic acids is 1. The minimum Gasteiger partial charge on any atom is -0.368 e. The van der Waals surface area contributed by atoms with E-state index < -0.39 is 0 Å². The monoisotopic (exact) mass is 284 g/mol. The van der Waals surface area contributed by atoms with Crippen LogP contribution in [-0.2, 0) is 4.74 Å². The van der Waals surface area contributed by atoms with E-state index in [0.29, 0.717) is 31.2 Å². The Bertz CT molecular complexity index is 633. The largest absolute Gasteiger partial charge is 0.368 e. The van der Waals surface area contributed by atoms with Gasteiger partial charge in [-0.25, -0.2) is 9.97 Å². The first-order valence-electron chi connectivity index (χ1n) is 6.85. The van der Waals surface area contributed by atoms with Crippen molar-refractivity contribution >= 4 is 5.91 Å². The van der Waals surface area contributed by atoms with E-state index in [0.717, 1.165) is 5.69 Å². The average Bonchev–Trinajstić information content (AvgIpc) is 2.55. The van der Waals surface area contributed by atoms with Gasteiger partial charge >= 0.3 is 0 Å². The van der Waals surface area contributed by atoms with Gasteiger partial charge in [-0.3, -0.25) is 9.78 Å². The van der Waals surface area contributed by atoms with Crippen LogP contribution in [0, 0.1) is 6.92 Å². The first-order valence-corrected chi connectivity index (χ1v) is 6.85. The Hall–Kier alpha value is -2.34. The molecule has 0 aromatic carbocycles. The summed E-state index contributed by atoms with van der Waals surface area (Å²) in [6.45, 7) is 3.37. The number of aromatic nitrogens is 3. The third-order valence-corrected chi connectivity index (χ3v) is 3.37. The van der Waals surface area contributed by atoms with E-state index in [1.54, 1.807) is 29.4 Å². The lowest BCUT2D eigenvalue weighted by atomic mass is 10.2. The van der Waals surface area contributed by atoms with Gasteiger partial charge in [-0.15, -0.1) is 0 Å². The van der Waals surface area contributed by atoms with Gasteiger partial charge in [-0.1, -0.05) is 6.07 Å². The van der Waals surface area contributed by atoms with Crippen LogP contribution < -0.4 is 0 Å². The molecule has 1 aliphatic rings. The quantitative estimate of drug-likeness (QED) is 0.833. The molecule has 0 spiro atoms. The highest BCUT2D eigenvalue weighted by Crippen LogP contribution is 2.21. The lowest BCUT2D eigenvalue weighted by molar-refractivity contribution is -0.0250. The molecule has 0 unspecified atom stereocenters. The lowest BCUT2D eigenvalue weighted by Crippen LogP contribution is -2.42. The van der Waals surface area contributed by atoms with Crippen LogP contribution in [0.1, 0.15) is 28.1 Å². The van der Waals surface area contributed by atoms with Crippen molar-refractivity contribution in [1.82, 2.24) is 19.9 Å². The smallest absolute Gasteiger partial charge is 0.272 e. The van der Waals surface area contributed by atoms with E-state index in [1.807, 2.05) is 19.1 Å². The number of carbonyl (C=O) groups is 1. The molecule has 0 N–H and O–H groups in total. The molecule has 3 heterocycles. The Labute approximate surface area is 122 Å². The molecule has 1 aliphatic heterocycles. The van der Waals surface area contributed by atoms with E-state index >= 15 is 0 Å². The van der Waals surface area contributed by atoms with Crippen LogP contribution in [0.4, 0.5) is 0 Å². The summed E-state index contributed by atoms with van der Waals surface area (Å²) in [5.41, 5.74) is 1.26. The third kappa shape index (κ3) is 3.05. The van der Waals surface area contributed by atoms with E-state index in [9.17, 15) is 4.79 Å². The van der Waals surface area contributed by atoms with E-state index in [1.165, 1.54) is 0 Å². The summed E-state index contributed by atoms with van der Waals surface area (Å²) in [6.07, 6.45) is 3.12. The molecular weight excluding hydrogens is 268 g/mol. The average molecular weight is 284 g/mol. The fourth-order valence-electron chi connectivity index (χ4n) is 2.32. The first-order chi connectivity index (χ1) is 10.2. The number of pyridine rings is 1. The zero-order chi connectivity index (χ0) is 14.7. The van der Waals surface area contributed by atoms with Gasteiger partial charge in [0.1, 0.15) is 17.6 Å². The van der Waals surface area contributed by atoms with E-state index in [4.69, 9.17) is 4.74 Å². The van der Waals surface area contributed by atoms with Crippen molar-refractivity contribution in [3.63, 3.8) is 0 Å². The molecule has 0 aliphatic carbocycles. The molecular formula is C15H16N4O2. The SMILES string of the molecule is Cc1nccc([C@H]2CN(C(=O)c3ccccn3)CCO2)n1. The Morgan fingerprint density at radius 1 is 1.29 bits per heavy atom. The maximum atomic E-state index is 12.4. The number of hydrogen-bond acceptors (Lipinski definition) is 5. The van der Waals surface area contributed by atoms with Crippen molar-refractivity contribution in [2.24, 2.45) is 0 Å². The first kappa shape index (κ1) is 13.6. The van der Waals surface area contributed by atoms with Gasteiger partial charge in [-0.2, -0.15) is 0 Å². The summed E-state index contributed by atoms with van der Waals surface area (Å²) in [4.78, 5) is 26.7. The predicted molar refractivity (Wildman–Crippen MR) is 75.6 cm³/mol. The van der Waals surface area contributed by atoms with Gasteiger partial charge in [0.25, 0.3) is 5.91 Å². The van der Waals surface area contributed by atoms with Gasteiger partial charge in [-0.05, 0) is 25.1 Å². The van der Waals surface area contributed by atoms with Crippen LogP contribution >= 0.6 is 0 Å². The second-order valence-corrected chi connectivity index (χ2v) is 4.85. The number of nitrogens with zero attached hydrogens (tertiary/aromatic N) is 4. The van der Waals surface area contributed by atoms with Crippen LogP contribution in [0.15, 0.2) is 36.7 Å². The maximum Gasteiger partial charge on any atom is 0.272 e. The molecule has 21 heavy (non-hydrogen) atoms. The van der Waals surface area contributed by atoms with Crippen molar-refractivity contribution < 1.29 is 9.53 Å². The Kier molecular flexibility index (Phi) is 3.87. The molecule has 1 atom stereocenters. The van der Waals surface area contributed by atoms with Gasteiger partial charge in [0.2, 0.25) is 0 Å². The van der Waals surface area contributed by atoms with Gasteiger partial charge in [0.05, 0.1) is 18.8 Å². The Morgan fingerprint density at radius 3 is 2.95 bits per heavy atom. The number of amides is 1. The molecule has 0 saturated carbocycles. The molecule has 6 nitrogen and oxygen atoms in total. The Balaban J connectivity index is 1.75. The highest BCUT2D eigenvalue weighted by Gasteiger charge is 2.27. The molecule has 1 amide bonds. The third-order valence-electron chi connectivity index (χ3n) is 3.37. The standard InChI is InChI=1S/C15H16N4O2/c1-11-16-7-5-12(18-11)14-10-19(8-9-21-14)15(20)13-4-2-3-6-17-13/h2-7,14H,8-10H2,1H3/t14-/m1/s1. The minimum absolute atomic E-state index is 0.0744. The van der Waals surface area contributed by atoms with Gasteiger partial charge < -0.3 is 9.64 Å². The molecule has 3 rings (SSSR count). The number of morpholine rings is 1. The van der Waals surface area contributed by atoms with Crippen LogP contribution in [0.2, 0.25) is 0 Å². The van der Waals surface area contributed by atoms with E-state index in [-0.39, 0.29) is 12.0 Å². The predicted octanol–water partition coefficient (Wildman–Crippen LogP) is 1.39. The zero-order valence-corrected chi connectivity index (χ0v) is 11.8. The zero-order valence-electron chi connectivity index (χ0n) is 11.8. The van der Waals surface area contributed by atoms with Crippen LogP contribution in [-0.4, -0.2) is 45.5 Å². The van der Waals surface area contributed by atoms with Crippen molar-refractivity contribution in [2.45, 2.75) is 13.0 Å². The summed E-state index contributed by atoms with van der Waals surface area (Å²) >= 11 is 0. The molecule has 108 valence electrons. The number of rotatable bonds is 2. The molecule has 2 aromatic rings. The summed E-state index contributed by atoms with van der Waals surface area (Å²) < 4.78 is 5.73. The van der Waals surface area contributed by atoms with E-state index in [2.05, 4.69) is 15.0 Å². The summed E-state index contributed by atoms with van der Waals surface area (Å²) in [5.74, 6) is 0.624. The van der Waals surface area contributed by atoms with Crippen molar-refractivity contribution in [3.05, 3.63) is 53.9 Å². The number of hydrogen-bond donors (Lipinski definition) is 0. The second kappa shape index (κ2) is 5.97. The summed E-state index contributed by atoms with van der Waals surface area (Å²) in [7, 11) is 0. The molecule has 0 bridgehead atoms. The van der Waals surface area contributed by atoms with Crippen molar-refractivity contribution in [3.8, 4) is 0 Å².